The van der Waals surface area contributed by atoms with E-state index in [4.69, 9.17) is 18.0 Å². The molecule has 1 amide bonds. The standard InChI is InChI=1S/C14H12F3N3OS2/c1-7-6-23-12(10(7)11(18)21)20-13(22)19-9-4-2-8(3-5-9)14(15,16)17/h2-6H,1H3,(H2,18,21)(H2,19,20,22). The molecular weight excluding hydrogens is 347 g/mol. The highest BCUT2D eigenvalue weighted by Gasteiger charge is 2.29. The van der Waals surface area contributed by atoms with E-state index >= 15 is 0 Å². The molecule has 1 heterocycles. The highest BCUT2D eigenvalue weighted by molar-refractivity contribution is 7.80. The highest BCUT2D eigenvalue weighted by atomic mass is 32.1. The number of carbonyl (C=O) groups is 1. The topological polar surface area (TPSA) is 67.2 Å². The number of alkyl halides is 3. The van der Waals surface area contributed by atoms with Crippen molar-refractivity contribution in [3.63, 3.8) is 0 Å². The number of nitrogens with one attached hydrogen (secondary N) is 2. The van der Waals surface area contributed by atoms with Crippen molar-refractivity contribution in [1.82, 2.24) is 0 Å². The lowest BCUT2D eigenvalue weighted by atomic mass is 10.2. The van der Waals surface area contributed by atoms with Crippen molar-refractivity contribution < 1.29 is 18.0 Å². The number of thiophene rings is 1. The molecule has 0 spiro atoms. The number of primary amides is 1. The molecular formula is C14H12F3N3OS2. The Labute approximate surface area is 139 Å². The molecule has 4 N–H and O–H groups in total. The van der Waals surface area contributed by atoms with Crippen LogP contribution in [0.5, 0.6) is 0 Å². The van der Waals surface area contributed by atoms with Gasteiger partial charge in [-0.15, -0.1) is 11.3 Å². The number of benzene rings is 1. The van der Waals surface area contributed by atoms with Crippen molar-refractivity contribution in [2.75, 3.05) is 10.6 Å². The molecule has 2 aromatic rings. The molecule has 23 heavy (non-hydrogen) atoms. The molecule has 0 unspecified atom stereocenters. The Balaban J connectivity index is 2.07. The molecule has 1 aromatic carbocycles. The van der Waals surface area contributed by atoms with E-state index in [1.165, 1.54) is 23.5 Å². The van der Waals surface area contributed by atoms with Crippen LogP contribution in [-0.2, 0) is 6.18 Å². The van der Waals surface area contributed by atoms with E-state index in [0.29, 0.717) is 16.3 Å². The maximum Gasteiger partial charge on any atom is 0.416 e. The van der Waals surface area contributed by atoms with Gasteiger partial charge < -0.3 is 16.4 Å². The Morgan fingerprint density at radius 1 is 1.22 bits per heavy atom. The van der Waals surface area contributed by atoms with Gasteiger partial charge in [-0.1, -0.05) is 0 Å². The number of rotatable bonds is 3. The first-order valence-corrected chi connectivity index (χ1v) is 7.60. The third-order valence-electron chi connectivity index (χ3n) is 2.92. The molecule has 2 rings (SSSR count). The number of nitrogens with two attached hydrogens (primary N) is 1. The van der Waals surface area contributed by atoms with Gasteiger partial charge in [-0.3, -0.25) is 4.79 Å². The zero-order chi connectivity index (χ0) is 17.2. The molecule has 0 aliphatic carbocycles. The average molecular weight is 359 g/mol. The van der Waals surface area contributed by atoms with Crippen molar-refractivity contribution in [1.29, 1.82) is 0 Å². The molecule has 0 atom stereocenters. The molecule has 0 radical (unpaired) electrons. The summed E-state index contributed by atoms with van der Waals surface area (Å²) in [7, 11) is 0. The van der Waals surface area contributed by atoms with Crippen molar-refractivity contribution >= 4 is 45.3 Å². The number of hydrogen-bond acceptors (Lipinski definition) is 3. The molecule has 0 aliphatic rings. The highest BCUT2D eigenvalue weighted by Crippen LogP contribution is 2.30. The fourth-order valence-electron chi connectivity index (χ4n) is 1.85. The van der Waals surface area contributed by atoms with Gasteiger partial charge in [0.25, 0.3) is 5.91 Å². The van der Waals surface area contributed by atoms with Gasteiger partial charge in [-0.05, 0) is 54.4 Å². The lowest BCUT2D eigenvalue weighted by molar-refractivity contribution is -0.137. The third kappa shape index (κ3) is 4.20. The van der Waals surface area contributed by atoms with Crippen molar-refractivity contribution in [2.45, 2.75) is 13.1 Å². The van der Waals surface area contributed by atoms with Crippen LogP contribution in [-0.4, -0.2) is 11.0 Å². The first-order chi connectivity index (χ1) is 10.7. The van der Waals surface area contributed by atoms with Gasteiger partial charge in [0, 0.05) is 5.69 Å². The average Bonchev–Trinajstić information content (AvgIpc) is 2.79. The summed E-state index contributed by atoms with van der Waals surface area (Å²) in [6.07, 6.45) is -4.39. The van der Waals surface area contributed by atoms with Gasteiger partial charge in [0.15, 0.2) is 5.11 Å². The van der Waals surface area contributed by atoms with Crippen LogP contribution in [0.4, 0.5) is 23.9 Å². The number of thiocarbonyl (C=S) groups is 1. The van der Waals surface area contributed by atoms with Crippen molar-refractivity contribution in [2.24, 2.45) is 5.73 Å². The number of hydrogen-bond donors (Lipinski definition) is 3. The first-order valence-electron chi connectivity index (χ1n) is 6.31. The Morgan fingerprint density at radius 2 is 1.83 bits per heavy atom. The largest absolute Gasteiger partial charge is 0.416 e. The second-order valence-corrected chi connectivity index (χ2v) is 5.93. The summed E-state index contributed by atoms with van der Waals surface area (Å²) >= 11 is 6.35. The maximum atomic E-state index is 12.5. The Bertz CT molecular complexity index is 739. The van der Waals surface area contributed by atoms with Crippen LogP contribution in [0.3, 0.4) is 0 Å². The smallest absolute Gasteiger partial charge is 0.365 e. The number of carbonyl (C=O) groups excluding carboxylic acids is 1. The van der Waals surface area contributed by atoms with Crippen LogP contribution in [0.25, 0.3) is 0 Å². The van der Waals surface area contributed by atoms with E-state index in [1.807, 2.05) is 0 Å². The van der Waals surface area contributed by atoms with E-state index in [1.54, 1.807) is 12.3 Å². The summed E-state index contributed by atoms with van der Waals surface area (Å²) < 4.78 is 37.5. The molecule has 0 saturated carbocycles. The van der Waals surface area contributed by atoms with E-state index < -0.39 is 17.6 Å². The minimum absolute atomic E-state index is 0.147. The van der Waals surface area contributed by atoms with Gasteiger partial charge >= 0.3 is 6.18 Å². The molecule has 9 heteroatoms. The van der Waals surface area contributed by atoms with Crippen LogP contribution in [0.1, 0.15) is 21.5 Å². The summed E-state index contributed by atoms with van der Waals surface area (Å²) in [5.74, 6) is -0.580. The van der Waals surface area contributed by atoms with Crippen LogP contribution in [0.15, 0.2) is 29.6 Å². The van der Waals surface area contributed by atoms with E-state index in [9.17, 15) is 18.0 Å². The second-order valence-electron chi connectivity index (χ2n) is 4.64. The summed E-state index contributed by atoms with van der Waals surface area (Å²) in [4.78, 5) is 11.4. The van der Waals surface area contributed by atoms with E-state index in [0.717, 1.165) is 17.7 Å². The molecule has 4 nitrogen and oxygen atoms in total. The zero-order valence-electron chi connectivity index (χ0n) is 11.8. The molecule has 122 valence electrons. The van der Waals surface area contributed by atoms with E-state index in [2.05, 4.69) is 10.6 Å². The van der Waals surface area contributed by atoms with E-state index in [-0.39, 0.29) is 5.11 Å². The van der Waals surface area contributed by atoms with Crippen molar-refractivity contribution in [3.8, 4) is 0 Å². The quantitative estimate of drug-likeness (QED) is 0.725. The second kappa shape index (κ2) is 6.55. The number of halogens is 3. The number of aryl methyl sites for hydroxylation is 1. The van der Waals surface area contributed by atoms with Crippen LogP contribution < -0.4 is 16.4 Å². The Morgan fingerprint density at radius 3 is 2.35 bits per heavy atom. The van der Waals surface area contributed by atoms with Gasteiger partial charge in [-0.2, -0.15) is 13.2 Å². The van der Waals surface area contributed by atoms with Crippen LogP contribution in [0.2, 0.25) is 0 Å². The van der Waals surface area contributed by atoms with Gasteiger partial charge in [0.2, 0.25) is 0 Å². The summed E-state index contributed by atoms with van der Waals surface area (Å²) in [5.41, 5.74) is 6.02. The third-order valence-corrected chi connectivity index (χ3v) is 4.14. The van der Waals surface area contributed by atoms with Gasteiger partial charge in [0.05, 0.1) is 11.1 Å². The predicted octanol–water partition coefficient (Wildman–Crippen LogP) is 3.98. The number of anilines is 2. The minimum Gasteiger partial charge on any atom is -0.365 e. The lowest BCUT2D eigenvalue weighted by Crippen LogP contribution is -2.21. The fourth-order valence-corrected chi connectivity index (χ4v) is 3.09. The normalized spacial score (nSPS) is 11.1. The fraction of sp³-hybridized carbons (Fsp3) is 0.143. The van der Waals surface area contributed by atoms with Crippen LogP contribution in [0, 0.1) is 6.92 Å². The first kappa shape index (κ1) is 17.2. The van der Waals surface area contributed by atoms with Gasteiger partial charge in [0.1, 0.15) is 5.00 Å². The van der Waals surface area contributed by atoms with Crippen molar-refractivity contribution in [3.05, 3.63) is 46.3 Å². The van der Waals surface area contributed by atoms with Gasteiger partial charge in [-0.25, -0.2) is 0 Å². The summed E-state index contributed by atoms with van der Waals surface area (Å²) in [5, 5.41) is 7.96. The monoisotopic (exact) mass is 359 g/mol. The SMILES string of the molecule is Cc1csc(NC(=S)Nc2ccc(C(F)(F)F)cc2)c1C(N)=O. The molecule has 0 bridgehead atoms. The Hall–Kier alpha value is -2.13. The zero-order valence-corrected chi connectivity index (χ0v) is 13.5. The predicted molar refractivity (Wildman–Crippen MR) is 88.9 cm³/mol. The summed E-state index contributed by atoms with van der Waals surface area (Å²) in [6, 6.07) is 4.45. The lowest BCUT2D eigenvalue weighted by Gasteiger charge is -2.11. The molecule has 1 aromatic heterocycles. The molecule has 0 fully saturated rings. The maximum absolute atomic E-state index is 12.5. The Kier molecular flexibility index (Phi) is 4.90. The van der Waals surface area contributed by atoms with Crippen LogP contribution >= 0.6 is 23.6 Å². The minimum atomic E-state index is -4.39. The summed E-state index contributed by atoms with van der Waals surface area (Å²) in [6.45, 7) is 1.74. The molecule has 0 aliphatic heterocycles. The molecule has 0 saturated heterocycles. The number of amides is 1.